The molecule has 0 spiro atoms. The number of hydrogen-bond acceptors (Lipinski definition) is 3. The summed E-state index contributed by atoms with van der Waals surface area (Å²) in [7, 11) is -2.24. The van der Waals surface area contributed by atoms with E-state index >= 15 is 0 Å². The Morgan fingerprint density at radius 3 is 2.10 bits per heavy atom. The average Bonchev–Trinajstić information content (AvgIpc) is 1.88. The SMILES string of the molecule is OCC1CCS(O)(O)CC1. The van der Waals surface area contributed by atoms with Crippen LogP contribution in [0.3, 0.4) is 0 Å². The third-order valence-corrected chi connectivity index (χ3v) is 3.74. The van der Waals surface area contributed by atoms with Gasteiger partial charge in [-0.05, 0) is 18.8 Å². The summed E-state index contributed by atoms with van der Waals surface area (Å²) in [5.41, 5.74) is 0. The first-order valence-electron chi connectivity index (χ1n) is 3.48. The largest absolute Gasteiger partial charge is 0.396 e. The van der Waals surface area contributed by atoms with Crippen molar-refractivity contribution in [3.05, 3.63) is 0 Å². The van der Waals surface area contributed by atoms with Gasteiger partial charge in [0.15, 0.2) is 0 Å². The van der Waals surface area contributed by atoms with Crippen LogP contribution in [0.5, 0.6) is 0 Å². The van der Waals surface area contributed by atoms with Crippen molar-refractivity contribution in [2.45, 2.75) is 12.8 Å². The van der Waals surface area contributed by atoms with Gasteiger partial charge >= 0.3 is 0 Å². The molecule has 10 heavy (non-hydrogen) atoms. The van der Waals surface area contributed by atoms with Crippen LogP contribution in [0.25, 0.3) is 0 Å². The number of hydrogen-bond donors (Lipinski definition) is 3. The van der Waals surface area contributed by atoms with E-state index in [2.05, 4.69) is 0 Å². The molecule has 0 unspecified atom stereocenters. The molecule has 0 atom stereocenters. The molecule has 0 amide bonds. The lowest BCUT2D eigenvalue weighted by molar-refractivity contribution is 0.214. The summed E-state index contributed by atoms with van der Waals surface area (Å²) < 4.78 is 18.3. The highest BCUT2D eigenvalue weighted by Gasteiger charge is 2.22. The van der Waals surface area contributed by atoms with Crippen molar-refractivity contribution in [3.8, 4) is 0 Å². The van der Waals surface area contributed by atoms with Crippen LogP contribution in [0.1, 0.15) is 12.8 Å². The predicted octanol–water partition coefficient (Wildman–Crippen LogP) is 1.14. The van der Waals surface area contributed by atoms with Crippen LogP contribution >= 0.6 is 10.6 Å². The molecule has 1 saturated heterocycles. The van der Waals surface area contributed by atoms with E-state index in [1.807, 2.05) is 0 Å². The van der Waals surface area contributed by atoms with E-state index < -0.39 is 10.6 Å². The molecule has 62 valence electrons. The van der Waals surface area contributed by atoms with Crippen molar-refractivity contribution in [2.24, 2.45) is 5.92 Å². The Kier molecular flexibility index (Phi) is 2.57. The van der Waals surface area contributed by atoms with Gasteiger partial charge in [0.2, 0.25) is 0 Å². The predicted molar refractivity (Wildman–Crippen MR) is 42.4 cm³/mol. The van der Waals surface area contributed by atoms with Gasteiger partial charge in [0, 0.05) is 18.1 Å². The first-order valence-corrected chi connectivity index (χ1v) is 5.37. The van der Waals surface area contributed by atoms with E-state index in [4.69, 9.17) is 14.2 Å². The Hall–Kier alpha value is 0.230. The summed E-state index contributed by atoms with van der Waals surface area (Å²) in [5, 5.41) is 8.71. The van der Waals surface area contributed by atoms with Crippen LogP contribution in [0.2, 0.25) is 0 Å². The Labute approximate surface area is 62.4 Å². The van der Waals surface area contributed by atoms with E-state index in [1.54, 1.807) is 0 Å². The van der Waals surface area contributed by atoms with Crippen molar-refractivity contribution >= 4 is 10.6 Å². The number of rotatable bonds is 1. The fourth-order valence-corrected chi connectivity index (χ4v) is 2.77. The second-order valence-electron chi connectivity index (χ2n) is 2.84. The molecule has 1 rings (SSSR count). The van der Waals surface area contributed by atoms with Gasteiger partial charge in [0.1, 0.15) is 0 Å². The van der Waals surface area contributed by atoms with E-state index in [9.17, 15) is 0 Å². The van der Waals surface area contributed by atoms with Gasteiger partial charge in [-0.25, -0.2) is 0 Å². The molecule has 0 aromatic carbocycles. The molecule has 1 heterocycles. The van der Waals surface area contributed by atoms with Crippen LogP contribution < -0.4 is 0 Å². The summed E-state index contributed by atoms with van der Waals surface area (Å²) in [5.74, 6) is 1.27. The monoisotopic (exact) mass is 166 g/mol. The lowest BCUT2D eigenvalue weighted by Gasteiger charge is -2.38. The Balaban J connectivity index is 2.31. The van der Waals surface area contributed by atoms with Gasteiger partial charge in [0.25, 0.3) is 0 Å². The fraction of sp³-hybridized carbons (Fsp3) is 1.00. The lowest BCUT2D eigenvalue weighted by atomic mass is 10.1. The average molecular weight is 166 g/mol. The zero-order chi connectivity index (χ0) is 7.61. The molecule has 1 fully saturated rings. The molecule has 3 nitrogen and oxygen atoms in total. The smallest absolute Gasteiger partial charge is 0.0460 e. The van der Waals surface area contributed by atoms with Crippen molar-refractivity contribution in [1.82, 2.24) is 0 Å². The second kappa shape index (κ2) is 3.09. The third-order valence-electron chi connectivity index (χ3n) is 1.96. The van der Waals surface area contributed by atoms with Crippen molar-refractivity contribution < 1.29 is 14.2 Å². The maximum absolute atomic E-state index is 9.14. The minimum Gasteiger partial charge on any atom is -0.396 e. The Bertz CT molecular complexity index is 106. The molecule has 1 aliphatic heterocycles. The zero-order valence-corrected chi connectivity index (χ0v) is 6.68. The van der Waals surface area contributed by atoms with Crippen molar-refractivity contribution in [1.29, 1.82) is 0 Å². The molecular weight excluding hydrogens is 152 g/mol. The van der Waals surface area contributed by atoms with Gasteiger partial charge in [-0.1, -0.05) is 0 Å². The van der Waals surface area contributed by atoms with Crippen LogP contribution in [0.4, 0.5) is 0 Å². The van der Waals surface area contributed by atoms with Gasteiger partial charge in [0.05, 0.1) is 0 Å². The molecule has 0 saturated carbocycles. The van der Waals surface area contributed by atoms with E-state index in [1.165, 1.54) is 0 Å². The normalized spacial score (nSPS) is 29.9. The number of aliphatic hydroxyl groups excluding tert-OH is 1. The summed E-state index contributed by atoms with van der Waals surface area (Å²) >= 11 is 0. The standard InChI is InChI=1S/C6H14O3S/c7-5-6-1-3-10(8,9)4-2-6/h6-9H,1-5H2. The highest BCUT2D eigenvalue weighted by molar-refractivity contribution is 8.24. The summed E-state index contributed by atoms with van der Waals surface area (Å²) in [6, 6.07) is 0. The second-order valence-corrected chi connectivity index (χ2v) is 5.26. The minimum absolute atomic E-state index is 0.190. The molecule has 0 aromatic heterocycles. The van der Waals surface area contributed by atoms with Crippen LogP contribution in [0.15, 0.2) is 0 Å². The van der Waals surface area contributed by atoms with E-state index in [0.29, 0.717) is 17.4 Å². The van der Waals surface area contributed by atoms with Gasteiger partial charge in [-0.2, -0.15) is 10.6 Å². The van der Waals surface area contributed by atoms with E-state index in [0.717, 1.165) is 12.8 Å². The summed E-state index contributed by atoms with van der Waals surface area (Å²) in [6.07, 6.45) is 1.53. The first-order chi connectivity index (χ1) is 4.64. The van der Waals surface area contributed by atoms with Crippen molar-refractivity contribution in [2.75, 3.05) is 18.1 Å². The molecule has 0 aliphatic carbocycles. The highest BCUT2D eigenvalue weighted by atomic mass is 32.3. The quantitative estimate of drug-likeness (QED) is 0.547. The van der Waals surface area contributed by atoms with Gasteiger partial charge in [-0.3, -0.25) is 9.11 Å². The molecule has 0 aromatic rings. The van der Waals surface area contributed by atoms with Crippen LogP contribution in [-0.2, 0) is 0 Å². The van der Waals surface area contributed by atoms with Crippen molar-refractivity contribution in [3.63, 3.8) is 0 Å². The molecule has 0 radical (unpaired) electrons. The minimum atomic E-state index is -2.24. The van der Waals surface area contributed by atoms with Gasteiger partial charge < -0.3 is 5.11 Å². The summed E-state index contributed by atoms with van der Waals surface area (Å²) in [6.45, 7) is 0.190. The maximum Gasteiger partial charge on any atom is 0.0460 e. The third kappa shape index (κ3) is 2.12. The lowest BCUT2D eigenvalue weighted by Crippen LogP contribution is -2.22. The maximum atomic E-state index is 9.14. The molecule has 1 aliphatic rings. The zero-order valence-electron chi connectivity index (χ0n) is 5.86. The molecular formula is C6H14O3S. The van der Waals surface area contributed by atoms with E-state index in [-0.39, 0.29) is 6.61 Å². The Morgan fingerprint density at radius 1 is 1.20 bits per heavy atom. The fourth-order valence-electron chi connectivity index (χ4n) is 1.14. The van der Waals surface area contributed by atoms with Crippen LogP contribution in [0, 0.1) is 5.92 Å². The Morgan fingerprint density at radius 2 is 1.70 bits per heavy atom. The summed E-state index contributed by atoms with van der Waals surface area (Å²) in [4.78, 5) is 0. The number of aliphatic hydroxyl groups is 1. The highest BCUT2D eigenvalue weighted by Crippen LogP contribution is 2.45. The molecule has 3 N–H and O–H groups in total. The first kappa shape index (κ1) is 8.33. The van der Waals surface area contributed by atoms with Crippen LogP contribution in [-0.4, -0.2) is 32.3 Å². The molecule has 4 heteroatoms. The topological polar surface area (TPSA) is 60.7 Å². The van der Waals surface area contributed by atoms with Gasteiger partial charge in [-0.15, -0.1) is 0 Å². The molecule has 0 bridgehead atoms.